The van der Waals surface area contributed by atoms with Gasteiger partial charge in [0.15, 0.2) is 0 Å². The smallest absolute Gasteiger partial charge is 0.0932 e. The Morgan fingerprint density at radius 2 is 1.96 bits per heavy atom. The molecule has 1 aliphatic carbocycles. The number of aryl methyl sites for hydroxylation is 1. The van der Waals surface area contributed by atoms with Gasteiger partial charge in [-0.15, -0.1) is 0 Å². The van der Waals surface area contributed by atoms with Crippen LogP contribution in [0, 0.1) is 0 Å². The summed E-state index contributed by atoms with van der Waals surface area (Å²) in [5.74, 6) is 0. The van der Waals surface area contributed by atoms with Gasteiger partial charge in [0.2, 0.25) is 0 Å². The molecule has 0 spiro atoms. The fourth-order valence-corrected chi connectivity index (χ4v) is 4.07. The van der Waals surface area contributed by atoms with Gasteiger partial charge >= 0.3 is 0 Å². The minimum Gasteiger partial charge on any atom is -0.327 e. The van der Waals surface area contributed by atoms with E-state index in [1.165, 1.54) is 48.8 Å². The number of nitrogens with two attached hydrogens (primary N) is 1. The van der Waals surface area contributed by atoms with Gasteiger partial charge in [-0.25, -0.2) is 0 Å². The van der Waals surface area contributed by atoms with Crippen LogP contribution in [0.2, 0.25) is 0 Å². The van der Waals surface area contributed by atoms with Gasteiger partial charge in [-0.2, -0.15) is 10.2 Å². The molecule has 0 saturated carbocycles. The fraction of sp³-hybridized carbons (Fsp3) is 0.500. The molecular weight excluding hydrogens is 296 g/mol. The molecule has 1 fully saturated rings. The Kier molecular flexibility index (Phi) is 4.58. The van der Waals surface area contributed by atoms with Crippen molar-refractivity contribution >= 4 is 0 Å². The Morgan fingerprint density at radius 3 is 2.79 bits per heavy atom. The third-order valence-corrected chi connectivity index (χ3v) is 5.32. The van der Waals surface area contributed by atoms with Crippen molar-refractivity contribution in [3.63, 3.8) is 0 Å². The van der Waals surface area contributed by atoms with Crippen LogP contribution in [0.15, 0.2) is 30.3 Å². The highest BCUT2D eigenvalue weighted by atomic mass is 15.2. The Balaban J connectivity index is 1.52. The van der Waals surface area contributed by atoms with Gasteiger partial charge in [0, 0.05) is 24.7 Å². The molecule has 126 valence electrons. The molecule has 4 rings (SSSR count). The van der Waals surface area contributed by atoms with Gasteiger partial charge in [0.1, 0.15) is 0 Å². The number of aromatic nitrogens is 2. The van der Waals surface area contributed by atoms with Crippen LogP contribution < -0.4 is 5.73 Å². The Labute approximate surface area is 144 Å². The summed E-state index contributed by atoms with van der Waals surface area (Å²) in [5.41, 5.74) is 12.4. The van der Waals surface area contributed by atoms with Gasteiger partial charge in [-0.1, -0.05) is 18.2 Å². The zero-order valence-corrected chi connectivity index (χ0v) is 14.2. The number of hydrogen-bond donors (Lipinski definition) is 1. The summed E-state index contributed by atoms with van der Waals surface area (Å²) in [4.78, 5) is 2.39. The lowest BCUT2D eigenvalue weighted by Crippen LogP contribution is -2.42. The summed E-state index contributed by atoms with van der Waals surface area (Å²) >= 11 is 0. The third-order valence-electron chi connectivity index (χ3n) is 5.32. The molecular formula is C20H26N4. The number of fused-ring (bicyclic) bond motifs is 1. The second kappa shape index (κ2) is 6.99. The van der Waals surface area contributed by atoms with Crippen molar-refractivity contribution in [3.8, 4) is 11.3 Å². The number of nitrogens with zero attached hydrogens (tertiary/aromatic N) is 3. The number of piperidine rings is 1. The SMILES string of the molecule is NC1CCCN(Cc2ccc(-c3cccc4c3CCCC4)nn2)C1. The highest BCUT2D eigenvalue weighted by molar-refractivity contribution is 5.65. The summed E-state index contributed by atoms with van der Waals surface area (Å²) in [7, 11) is 0. The lowest BCUT2D eigenvalue weighted by Gasteiger charge is -2.30. The molecule has 4 heteroatoms. The van der Waals surface area contributed by atoms with Crippen LogP contribution >= 0.6 is 0 Å². The first-order valence-electron chi connectivity index (χ1n) is 9.21. The van der Waals surface area contributed by atoms with Gasteiger partial charge in [-0.3, -0.25) is 4.90 Å². The molecule has 0 amide bonds. The second-order valence-corrected chi connectivity index (χ2v) is 7.20. The van der Waals surface area contributed by atoms with E-state index in [0.717, 1.165) is 37.4 Å². The van der Waals surface area contributed by atoms with Crippen molar-refractivity contribution in [2.75, 3.05) is 13.1 Å². The summed E-state index contributed by atoms with van der Waals surface area (Å²) < 4.78 is 0. The van der Waals surface area contributed by atoms with Gasteiger partial charge < -0.3 is 5.73 Å². The predicted molar refractivity (Wildman–Crippen MR) is 96.6 cm³/mol. The van der Waals surface area contributed by atoms with E-state index in [1.54, 1.807) is 0 Å². The predicted octanol–water partition coefficient (Wildman–Crippen LogP) is 2.95. The van der Waals surface area contributed by atoms with Crippen LogP contribution in [0.25, 0.3) is 11.3 Å². The van der Waals surface area contributed by atoms with Gasteiger partial charge in [-0.05, 0) is 68.3 Å². The van der Waals surface area contributed by atoms with Crippen molar-refractivity contribution in [2.24, 2.45) is 5.73 Å². The molecule has 1 saturated heterocycles. The molecule has 2 aromatic rings. The quantitative estimate of drug-likeness (QED) is 0.944. The molecule has 2 aliphatic rings. The molecule has 1 atom stereocenters. The maximum absolute atomic E-state index is 6.07. The Hall–Kier alpha value is -1.78. The van der Waals surface area contributed by atoms with E-state index in [1.807, 2.05) is 0 Å². The summed E-state index contributed by atoms with van der Waals surface area (Å²) in [6.45, 7) is 2.94. The van der Waals surface area contributed by atoms with E-state index in [-0.39, 0.29) is 0 Å². The molecule has 1 aromatic heterocycles. The van der Waals surface area contributed by atoms with Crippen molar-refractivity contribution < 1.29 is 0 Å². The topological polar surface area (TPSA) is 55.0 Å². The minimum atomic E-state index is 0.307. The van der Waals surface area contributed by atoms with Crippen LogP contribution in [0.5, 0.6) is 0 Å². The van der Waals surface area contributed by atoms with Gasteiger partial charge in [0.05, 0.1) is 11.4 Å². The number of rotatable bonds is 3. The lowest BCUT2D eigenvalue weighted by molar-refractivity contribution is 0.199. The first-order chi connectivity index (χ1) is 11.8. The van der Waals surface area contributed by atoms with Crippen LogP contribution in [0.4, 0.5) is 0 Å². The molecule has 0 bridgehead atoms. The second-order valence-electron chi connectivity index (χ2n) is 7.20. The monoisotopic (exact) mass is 322 g/mol. The molecule has 2 N–H and O–H groups in total. The zero-order chi connectivity index (χ0) is 16.4. The van der Waals surface area contributed by atoms with Crippen LogP contribution in [0.3, 0.4) is 0 Å². The lowest BCUT2D eigenvalue weighted by atomic mass is 9.87. The van der Waals surface area contributed by atoms with E-state index in [9.17, 15) is 0 Å². The van der Waals surface area contributed by atoms with Crippen LogP contribution in [0.1, 0.15) is 42.5 Å². The normalized spacial score (nSPS) is 21.5. The molecule has 2 heterocycles. The standard InChI is InChI=1S/C20H26N4/c21-16-7-4-12-24(13-16)14-17-10-11-20(23-22-17)19-9-3-6-15-5-1-2-8-18(15)19/h3,6,9-11,16H,1-2,4-5,7-8,12-14,21H2. The highest BCUT2D eigenvalue weighted by Gasteiger charge is 2.18. The molecule has 24 heavy (non-hydrogen) atoms. The number of likely N-dealkylation sites (tertiary alicyclic amines) is 1. The number of benzene rings is 1. The average Bonchev–Trinajstić information content (AvgIpc) is 2.62. The van der Waals surface area contributed by atoms with Crippen molar-refractivity contribution in [1.29, 1.82) is 0 Å². The molecule has 1 unspecified atom stereocenters. The van der Waals surface area contributed by atoms with Gasteiger partial charge in [0.25, 0.3) is 0 Å². The number of hydrogen-bond acceptors (Lipinski definition) is 4. The molecule has 1 aromatic carbocycles. The molecule has 1 aliphatic heterocycles. The van der Waals surface area contributed by atoms with Crippen molar-refractivity contribution in [3.05, 3.63) is 47.2 Å². The van der Waals surface area contributed by atoms with Crippen LogP contribution in [-0.4, -0.2) is 34.2 Å². The molecule has 0 radical (unpaired) electrons. The van der Waals surface area contributed by atoms with E-state index in [2.05, 4.69) is 45.4 Å². The van der Waals surface area contributed by atoms with Crippen LogP contribution in [-0.2, 0) is 19.4 Å². The zero-order valence-electron chi connectivity index (χ0n) is 14.2. The summed E-state index contributed by atoms with van der Waals surface area (Å²) in [6.07, 6.45) is 7.28. The molecule has 4 nitrogen and oxygen atoms in total. The maximum atomic E-state index is 6.07. The fourth-order valence-electron chi connectivity index (χ4n) is 4.07. The highest BCUT2D eigenvalue weighted by Crippen LogP contribution is 2.30. The first kappa shape index (κ1) is 15.7. The van der Waals surface area contributed by atoms with Crippen molar-refractivity contribution in [2.45, 2.75) is 51.1 Å². The first-order valence-corrected chi connectivity index (χ1v) is 9.21. The van der Waals surface area contributed by atoms with E-state index in [4.69, 9.17) is 5.73 Å². The van der Waals surface area contributed by atoms with Crippen molar-refractivity contribution in [1.82, 2.24) is 15.1 Å². The van der Waals surface area contributed by atoms with E-state index < -0.39 is 0 Å². The Bertz CT molecular complexity index is 695. The van der Waals surface area contributed by atoms with E-state index in [0.29, 0.717) is 6.04 Å². The average molecular weight is 322 g/mol. The maximum Gasteiger partial charge on any atom is 0.0932 e. The third kappa shape index (κ3) is 3.35. The van der Waals surface area contributed by atoms with E-state index >= 15 is 0 Å². The minimum absolute atomic E-state index is 0.307. The Morgan fingerprint density at radius 1 is 1.04 bits per heavy atom. The summed E-state index contributed by atoms with van der Waals surface area (Å²) in [5, 5.41) is 9.02. The largest absolute Gasteiger partial charge is 0.327 e. The summed E-state index contributed by atoms with van der Waals surface area (Å²) in [6, 6.07) is 11.2.